The van der Waals surface area contributed by atoms with E-state index in [-0.39, 0.29) is 11.4 Å². The van der Waals surface area contributed by atoms with E-state index in [0.29, 0.717) is 29.9 Å². The Bertz CT molecular complexity index is 1360. The van der Waals surface area contributed by atoms with Crippen LogP contribution < -0.4 is 0 Å². The lowest BCUT2D eigenvalue weighted by molar-refractivity contribution is 0.155. The number of aryl methyl sites for hydroxylation is 1. The highest BCUT2D eigenvalue weighted by Gasteiger charge is 2.32. The van der Waals surface area contributed by atoms with Gasteiger partial charge in [0.15, 0.2) is 11.6 Å². The van der Waals surface area contributed by atoms with Gasteiger partial charge < -0.3 is 0 Å². The summed E-state index contributed by atoms with van der Waals surface area (Å²) in [5.41, 5.74) is 3.79. The molecule has 0 radical (unpaired) electrons. The van der Waals surface area contributed by atoms with Crippen molar-refractivity contribution < 1.29 is 13.2 Å². The van der Waals surface area contributed by atoms with Crippen molar-refractivity contribution in [1.82, 2.24) is 0 Å². The van der Waals surface area contributed by atoms with Gasteiger partial charge in [-0.25, -0.2) is 13.2 Å². The molecule has 44 heavy (non-hydrogen) atoms. The normalized spacial score (nSPS) is 22.5. The highest BCUT2D eigenvalue weighted by molar-refractivity contribution is 5.71. The molecule has 0 heterocycles. The minimum atomic E-state index is -0.810. The van der Waals surface area contributed by atoms with Crippen molar-refractivity contribution in [3.05, 3.63) is 95.3 Å². The zero-order valence-electron chi connectivity index (χ0n) is 26.9. The Labute approximate surface area is 264 Å². The first-order valence-electron chi connectivity index (χ1n) is 17.5. The Kier molecular flexibility index (Phi) is 11.8. The Morgan fingerprint density at radius 3 is 1.98 bits per heavy atom. The van der Waals surface area contributed by atoms with Crippen LogP contribution in [0.3, 0.4) is 0 Å². The summed E-state index contributed by atoms with van der Waals surface area (Å²) in [5, 5.41) is 0. The van der Waals surface area contributed by atoms with Crippen molar-refractivity contribution in [1.29, 1.82) is 0 Å². The van der Waals surface area contributed by atoms with E-state index in [1.807, 2.05) is 43.3 Å². The molecule has 0 nitrogen and oxygen atoms in total. The summed E-state index contributed by atoms with van der Waals surface area (Å²) in [6, 6.07) is 16.3. The van der Waals surface area contributed by atoms with Crippen molar-refractivity contribution in [3.63, 3.8) is 0 Å². The maximum absolute atomic E-state index is 15.5. The van der Waals surface area contributed by atoms with E-state index in [9.17, 15) is 8.78 Å². The van der Waals surface area contributed by atoms with Gasteiger partial charge in [0, 0.05) is 5.56 Å². The molecule has 2 fully saturated rings. The lowest BCUT2D eigenvalue weighted by Crippen LogP contribution is -2.25. The van der Waals surface area contributed by atoms with Gasteiger partial charge in [0.2, 0.25) is 0 Å². The third-order valence-electron chi connectivity index (χ3n) is 10.7. The van der Waals surface area contributed by atoms with Gasteiger partial charge in [-0.2, -0.15) is 0 Å². The molecule has 0 unspecified atom stereocenters. The molecular weight excluding hydrogens is 549 g/mol. The van der Waals surface area contributed by atoms with Crippen molar-refractivity contribution >= 4 is 0 Å². The van der Waals surface area contributed by atoms with Crippen LogP contribution in [0.25, 0.3) is 22.3 Å². The van der Waals surface area contributed by atoms with Gasteiger partial charge in [-0.3, -0.25) is 0 Å². The van der Waals surface area contributed by atoms with Crippen LogP contribution in [0.1, 0.15) is 121 Å². The third-order valence-corrected chi connectivity index (χ3v) is 10.7. The minimum Gasteiger partial charge on any atom is -0.207 e. The molecule has 3 aromatic carbocycles. The quantitative estimate of drug-likeness (QED) is 0.143. The van der Waals surface area contributed by atoms with Gasteiger partial charge in [-0.05, 0) is 115 Å². The molecule has 2 aliphatic carbocycles. The predicted octanol–water partition coefficient (Wildman–Crippen LogP) is 13.0. The summed E-state index contributed by atoms with van der Waals surface area (Å²) in [7, 11) is 0. The molecule has 5 rings (SSSR count). The van der Waals surface area contributed by atoms with E-state index in [1.165, 1.54) is 64.2 Å². The first kappa shape index (κ1) is 32.6. The summed E-state index contributed by atoms with van der Waals surface area (Å²) in [6.45, 7) is 4.34. The van der Waals surface area contributed by atoms with Crippen molar-refractivity contribution in [3.8, 4) is 22.3 Å². The van der Waals surface area contributed by atoms with Crippen LogP contribution in [0, 0.1) is 35.2 Å². The molecule has 2 aliphatic rings. The first-order valence-corrected chi connectivity index (χ1v) is 17.5. The average molecular weight is 601 g/mol. The van der Waals surface area contributed by atoms with Gasteiger partial charge >= 0.3 is 0 Å². The van der Waals surface area contributed by atoms with Gasteiger partial charge in [-0.1, -0.05) is 113 Å². The van der Waals surface area contributed by atoms with Crippen molar-refractivity contribution in [2.75, 3.05) is 0 Å². The molecule has 3 aromatic rings. The molecule has 0 atom stereocenters. The number of rotatable bonds is 12. The summed E-state index contributed by atoms with van der Waals surface area (Å²) >= 11 is 0. The molecule has 236 valence electrons. The zero-order chi connectivity index (χ0) is 30.9. The van der Waals surface area contributed by atoms with Crippen LogP contribution in [-0.2, 0) is 6.42 Å². The molecule has 0 bridgehead atoms. The van der Waals surface area contributed by atoms with Crippen LogP contribution in [0.15, 0.2) is 66.7 Å². The van der Waals surface area contributed by atoms with Gasteiger partial charge in [-0.15, -0.1) is 0 Å². The Morgan fingerprint density at radius 1 is 0.659 bits per heavy atom. The summed E-state index contributed by atoms with van der Waals surface area (Å²) in [5.74, 6) is 1.25. The molecule has 0 saturated heterocycles. The summed E-state index contributed by atoms with van der Waals surface area (Å²) < 4.78 is 45.2. The smallest absolute Gasteiger partial charge is 0.166 e. The minimum absolute atomic E-state index is 0.125. The summed E-state index contributed by atoms with van der Waals surface area (Å²) in [4.78, 5) is 0. The molecule has 0 aliphatic heterocycles. The van der Waals surface area contributed by atoms with Crippen LogP contribution in [0.4, 0.5) is 13.2 Å². The topological polar surface area (TPSA) is 0 Å². The molecule has 2 saturated carbocycles. The SMILES string of the molecule is CCC=CCCc1ccc(-c2ccc(-c3ccc(C4CCC(C5CCC(CCCCC)CC5)CC4)c(F)c3)cc2)c(F)c1F. The van der Waals surface area contributed by atoms with Gasteiger partial charge in [0.25, 0.3) is 0 Å². The van der Waals surface area contributed by atoms with E-state index in [2.05, 4.69) is 6.92 Å². The predicted molar refractivity (Wildman–Crippen MR) is 179 cm³/mol. The molecule has 0 spiro atoms. The van der Waals surface area contributed by atoms with E-state index >= 15 is 4.39 Å². The Hall–Kier alpha value is -2.81. The van der Waals surface area contributed by atoms with E-state index < -0.39 is 11.6 Å². The first-order chi connectivity index (χ1) is 21.5. The third kappa shape index (κ3) is 8.06. The van der Waals surface area contributed by atoms with Crippen LogP contribution in [0.2, 0.25) is 0 Å². The molecule has 0 aromatic heterocycles. The largest absolute Gasteiger partial charge is 0.207 e. The fourth-order valence-corrected chi connectivity index (χ4v) is 7.94. The Morgan fingerprint density at radius 2 is 1.32 bits per heavy atom. The highest BCUT2D eigenvalue weighted by atomic mass is 19.2. The maximum atomic E-state index is 15.5. The second kappa shape index (κ2) is 16.0. The molecule has 3 heteroatoms. The zero-order valence-corrected chi connectivity index (χ0v) is 26.9. The Balaban J connectivity index is 1.16. The second-order valence-corrected chi connectivity index (χ2v) is 13.5. The van der Waals surface area contributed by atoms with Gasteiger partial charge in [0.05, 0.1) is 0 Å². The van der Waals surface area contributed by atoms with Crippen LogP contribution >= 0.6 is 0 Å². The summed E-state index contributed by atoms with van der Waals surface area (Å²) in [6.07, 6.45) is 21.9. The second-order valence-electron chi connectivity index (χ2n) is 13.5. The fraction of sp³-hybridized carbons (Fsp3) is 0.512. The lowest BCUT2D eigenvalue weighted by Gasteiger charge is -2.38. The number of hydrogen-bond acceptors (Lipinski definition) is 0. The molecule has 0 amide bonds. The lowest BCUT2D eigenvalue weighted by atomic mass is 9.68. The monoisotopic (exact) mass is 600 g/mol. The molecule has 0 N–H and O–H groups in total. The standard InChI is InChI=1S/C41H51F3/c1-3-5-7-9-11-35-24-27-38(41(44)40(35)43)34-22-18-32(19-23-34)36-25-26-37(39(42)28-36)33-20-16-31(17-21-33)30-14-12-29(13-15-30)10-8-6-4-2/h5,7,18-19,22-31,33H,3-4,6,8-17,20-21H2,1-2H3. The van der Waals surface area contributed by atoms with E-state index in [4.69, 9.17) is 0 Å². The number of halogens is 3. The fourth-order valence-electron chi connectivity index (χ4n) is 7.94. The number of benzene rings is 3. The number of hydrogen-bond donors (Lipinski definition) is 0. The van der Waals surface area contributed by atoms with Crippen molar-refractivity contribution in [2.45, 2.75) is 116 Å². The van der Waals surface area contributed by atoms with Crippen molar-refractivity contribution in [2.24, 2.45) is 17.8 Å². The van der Waals surface area contributed by atoms with E-state index in [0.717, 1.165) is 53.7 Å². The number of allylic oxidation sites excluding steroid dienone is 2. The van der Waals surface area contributed by atoms with Crippen LogP contribution in [-0.4, -0.2) is 0 Å². The average Bonchev–Trinajstić information content (AvgIpc) is 3.06. The maximum Gasteiger partial charge on any atom is 0.166 e. The van der Waals surface area contributed by atoms with E-state index in [1.54, 1.807) is 30.3 Å². The number of unbranched alkanes of at least 4 members (excludes halogenated alkanes) is 2. The highest BCUT2D eigenvalue weighted by Crippen LogP contribution is 2.45. The molecular formula is C41H51F3. The van der Waals surface area contributed by atoms with Crippen LogP contribution in [0.5, 0.6) is 0 Å². The van der Waals surface area contributed by atoms with Gasteiger partial charge in [0.1, 0.15) is 5.82 Å².